The molecule has 17 heavy (non-hydrogen) atoms. The zero-order valence-corrected chi connectivity index (χ0v) is 11.5. The van der Waals surface area contributed by atoms with E-state index in [1.165, 1.54) is 63.5 Å². The molecule has 0 aromatic carbocycles. The van der Waals surface area contributed by atoms with Crippen LogP contribution in [0.25, 0.3) is 0 Å². The summed E-state index contributed by atoms with van der Waals surface area (Å²) in [4.78, 5) is 1.55. The SMILES string of the molecule is CCCCCCCC[NH+]1C=CC(CCC)=C1.[F-]. The molecule has 1 aliphatic rings. The molecule has 100 valence electrons. The van der Waals surface area contributed by atoms with Crippen molar-refractivity contribution in [2.75, 3.05) is 6.54 Å². The first-order chi connectivity index (χ1) is 7.86. The molecule has 1 rings (SSSR count). The lowest BCUT2D eigenvalue weighted by molar-refractivity contribution is -0.788. The minimum Gasteiger partial charge on any atom is -1.00 e. The van der Waals surface area contributed by atoms with E-state index in [1.807, 2.05) is 0 Å². The Hall–Kier alpha value is -0.630. The highest BCUT2D eigenvalue weighted by Crippen LogP contribution is 2.07. The number of rotatable bonds is 9. The van der Waals surface area contributed by atoms with Crippen molar-refractivity contribution in [3.05, 3.63) is 24.0 Å². The summed E-state index contributed by atoms with van der Waals surface area (Å²) in [5.41, 5.74) is 1.53. The molecule has 0 fully saturated rings. The van der Waals surface area contributed by atoms with Gasteiger partial charge >= 0.3 is 0 Å². The summed E-state index contributed by atoms with van der Waals surface area (Å²) in [6, 6.07) is 0. The van der Waals surface area contributed by atoms with E-state index in [0.717, 1.165) is 0 Å². The van der Waals surface area contributed by atoms with Gasteiger partial charge in [0.25, 0.3) is 0 Å². The third kappa shape index (κ3) is 7.32. The van der Waals surface area contributed by atoms with Gasteiger partial charge in [0, 0.05) is 11.6 Å². The summed E-state index contributed by atoms with van der Waals surface area (Å²) < 4.78 is 0. The molecule has 1 unspecified atom stereocenters. The third-order valence-electron chi connectivity index (χ3n) is 3.24. The number of hydrogen-bond donors (Lipinski definition) is 1. The van der Waals surface area contributed by atoms with Gasteiger partial charge in [0.15, 0.2) is 0 Å². The van der Waals surface area contributed by atoms with E-state index >= 15 is 0 Å². The van der Waals surface area contributed by atoms with Crippen LogP contribution in [0.2, 0.25) is 0 Å². The van der Waals surface area contributed by atoms with Crippen molar-refractivity contribution in [3.8, 4) is 0 Å². The second kappa shape index (κ2) is 10.5. The quantitative estimate of drug-likeness (QED) is 0.559. The summed E-state index contributed by atoms with van der Waals surface area (Å²) in [5.74, 6) is 0. The van der Waals surface area contributed by atoms with Gasteiger partial charge in [-0.2, -0.15) is 0 Å². The van der Waals surface area contributed by atoms with Crippen LogP contribution < -0.4 is 9.60 Å². The van der Waals surface area contributed by atoms with Crippen LogP contribution in [-0.4, -0.2) is 6.54 Å². The van der Waals surface area contributed by atoms with Crippen LogP contribution in [0.4, 0.5) is 0 Å². The van der Waals surface area contributed by atoms with Gasteiger partial charge in [0.05, 0.1) is 12.7 Å². The van der Waals surface area contributed by atoms with E-state index < -0.39 is 0 Å². The Kier molecular flexibility index (Phi) is 10.1. The first kappa shape index (κ1) is 16.4. The second-order valence-electron chi connectivity index (χ2n) is 4.90. The van der Waals surface area contributed by atoms with Gasteiger partial charge in [-0.1, -0.05) is 46.0 Å². The molecular formula is C15H28FN. The Balaban J connectivity index is 0.00000256. The van der Waals surface area contributed by atoms with Gasteiger partial charge in [0.1, 0.15) is 6.20 Å². The summed E-state index contributed by atoms with van der Waals surface area (Å²) >= 11 is 0. The zero-order valence-electron chi connectivity index (χ0n) is 11.5. The maximum atomic E-state index is 2.40. The predicted molar refractivity (Wildman–Crippen MR) is 71.3 cm³/mol. The van der Waals surface area contributed by atoms with Crippen molar-refractivity contribution in [2.24, 2.45) is 0 Å². The van der Waals surface area contributed by atoms with E-state index in [-0.39, 0.29) is 4.70 Å². The lowest BCUT2D eigenvalue weighted by Gasteiger charge is -2.06. The Morgan fingerprint density at radius 3 is 2.35 bits per heavy atom. The number of halogens is 1. The molecule has 0 saturated heterocycles. The molecule has 0 radical (unpaired) electrons. The normalized spacial score (nSPS) is 18.0. The van der Waals surface area contributed by atoms with Crippen molar-refractivity contribution in [3.63, 3.8) is 0 Å². The standard InChI is InChI=1S/C15H27N.FH/c1-3-5-6-7-8-9-12-16-13-11-15(14-16)10-4-2;/h11,13-14H,3-10,12H2,1-2H3;1H. The molecule has 0 aliphatic carbocycles. The largest absolute Gasteiger partial charge is 1.00 e. The molecule has 1 atom stereocenters. The fourth-order valence-electron chi connectivity index (χ4n) is 2.26. The minimum absolute atomic E-state index is 0. The van der Waals surface area contributed by atoms with E-state index in [0.29, 0.717) is 0 Å². The van der Waals surface area contributed by atoms with Gasteiger partial charge < -0.3 is 4.70 Å². The van der Waals surface area contributed by atoms with Gasteiger partial charge in [-0.05, 0) is 19.3 Å². The lowest BCUT2D eigenvalue weighted by Crippen LogP contribution is -3.01. The maximum Gasteiger partial charge on any atom is 0.102 e. The average Bonchev–Trinajstić information content (AvgIpc) is 2.72. The van der Waals surface area contributed by atoms with Gasteiger partial charge in [0.2, 0.25) is 0 Å². The van der Waals surface area contributed by atoms with Crippen LogP contribution >= 0.6 is 0 Å². The van der Waals surface area contributed by atoms with Crippen molar-refractivity contribution in [1.29, 1.82) is 0 Å². The minimum atomic E-state index is 0. The van der Waals surface area contributed by atoms with Crippen LogP contribution in [0, 0.1) is 0 Å². The fourth-order valence-corrected chi connectivity index (χ4v) is 2.26. The number of unbranched alkanes of at least 4 members (excludes halogenated alkanes) is 5. The molecule has 2 heteroatoms. The van der Waals surface area contributed by atoms with Crippen LogP contribution in [0.1, 0.15) is 65.2 Å². The summed E-state index contributed by atoms with van der Waals surface area (Å²) in [6.45, 7) is 5.81. The van der Waals surface area contributed by atoms with Crippen LogP contribution in [0.5, 0.6) is 0 Å². The Bertz CT molecular complexity index is 233. The molecule has 0 amide bonds. The van der Waals surface area contributed by atoms with Crippen molar-refractivity contribution in [1.82, 2.24) is 0 Å². The molecule has 1 N–H and O–H groups in total. The van der Waals surface area contributed by atoms with Crippen molar-refractivity contribution < 1.29 is 9.60 Å². The highest BCUT2D eigenvalue weighted by molar-refractivity contribution is 5.17. The Labute approximate surface area is 106 Å². The monoisotopic (exact) mass is 241 g/mol. The van der Waals surface area contributed by atoms with E-state index in [1.54, 1.807) is 4.90 Å². The van der Waals surface area contributed by atoms with Gasteiger partial charge in [-0.15, -0.1) is 0 Å². The predicted octanol–water partition coefficient (Wildman–Crippen LogP) is 0.447. The molecule has 1 nitrogen and oxygen atoms in total. The van der Waals surface area contributed by atoms with Crippen LogP contribution in [0.15, 0.2) is 24.0 Å². The first-order valence-electron chi connectivity index (χ1n) is 7.11. The van der Waals surface area contributed by atoms with E-state index in [2.05, 4.69) is 32.3 Å². The third-order valence-corrected chi connectivity index (χ3v) is 3.24. The first-order valence-corrected chi connectivity index (χ1v) is 7.11. The van der Waals surface area contributed by atoms with Gasteiger partial charge in [-0.25, -0.2) is 0 Å². The Morgan fingerprint density at radius 1 is 0.941 bits per heavy atom. The van der Waals surface area contributed by atoms with Gasteiger partial charge in [-0.3, -0.25) is 4.90 Å². The molecule has 1 heterocycles. The molecule has 0 saturated carbocycles. The van der Waals surface area contributed by atoms with Crippen LogP contribution in [-0.2, 0) is 0 Å². The summed E-state index contributed by atoms with van der Waals surface area (Å²) in [5, 5.41) is 0. The smallest absolute Gasteiger partial charge is 0.102 e. The molecule has 0 aromatic heterocycles. The second-order valence-corrected chi connectivity index (χ2v) is 4.90. The molecule has 0 bridgehead atoms. The molecule has 0 aromatic rings. The zero-order chi connectivity index (χ0) is 11.6. The number of allylic oxidation sites excluding steroid dienone is 2. The van der Waals surface area contributed by atoms with Crippen LogP contribution in [0.3, 0.4) is 0 Å². The highest BCUT2D eigenvalue weighted by atomic mass is 19.0. The number of quaternary nitrogens is 1. The van der Waals surface area contributed by atoms with Crippen molar-refractivity contribution >= 4 is 0 Å². The number of nitrogens with one attached hydrogen (secondary N) is 1. The van der Waals surface area contributed by atoms with Crippen molar-refractivity contribution in [2.45, 2.75) is 65.2 Å². The van der Waals surface area contributed by atoms with E-state index in [9.17, 15) is 0 Å². The average molecular weight is 241 g/mol. The Morgan fingerprint density at radius 2 is 1.65 bits per heavy atom. The summed E-state index contributed by atoms with van der Waals surface area (Å²) in [6.07, 6.45) is 17.9. The number of hydrogen-bond acceptors (Lipinski definition) is 0. The maximum absolute atomic E-state index is 2.40. The van der Waals surface area contributed by atoms with E-state index in [4.69, 9.17) is 0 Å². The molecular weight excluding hydrogens is 213 g/mol. The molecule has 1 aliphatic heterocycles. The lowest BCUT2D eigenvalue weighted by atomic mass is 10.1. The highest BCUT2D eigenvalue weighted by Gasteiger charge is 2.09. The summed E-state index contributed by atoms with van der Waals surface area (Å²) in [7, 11) is 0. The topological polar surface area (TPSA) is 4.44 Å². The fraction of sp³-hybridized carbons (Fsp3) is 0.733. The molecule has 0 spiro atoms.